The van der Waals surface area contributed by atoms with Crippen LogP contribution < -0.4 is 21.1 Å². The van der Waals surface area contributed by atoms with Gasteiger partial charge in [0.05, 0.1) is 5.69 Å². The van der Waals surface area contributed by atoms with Crippen LogP contribution in [0.15, 0.2) is 118 Å². The molecule has 3 aliphatic carbocycles. The second-order valence-electron chi connectivity index (χ2n) is 25.0. The number of hydrogen-bond donors (Lipinski definition) is 1. The van der Waals surface area contributed by atoms with Crippen LogP contribution in [0, 0.1) is 6.92 Å². The molecule has 4 nitrogen and oxygen atoms in total. The van der Waals surface area contributed by atoms with E-state index in [1.165, 1.54) is 86.9 Å². The third-order valence-electron chi connectivity index (χ3n) is 18.0. The number of hydrogen-bond acceptors (Lipinski definition) is 4. The van der Waals surface area contributed by atoms with Crippen LogP contribution in [-0.4, -0.2) is 7.28 Å². The van der Waals surface area contributed by atoms with Crippen LogP contribution in [0.5, 0.6) is 0 Å². The quantitative estimate of drug-likeness (QED) is 0.179. The Morgan fingerprint density at radius 2 is 1.16 bits per heavy atom. The molecule has 1 radical (unpaired) electrons. The van der Waals surface area contributed by atoms with Gasteiger partial charge in [-0.15, -0.1) is 0 Å². The Morgan fingerprint density at radius 3 is 1.89 bits per heavy atom. The molecule has 0 amide bonds. The highest BCUT2D eigenvalue weighted by Crippen LogP contribution is 2.54. The Balaban J connectivity index is 1.14. The molecule has 5 heteroatoms. The van der Waals surface area contributed by atoms with E-state index < -0.39 is 0 Å². The molecule has 1 aliphatic heterocycles. The number of nitrogens with one attached hydrogen (secondary N) is 1. The van der Waals surface area contributed by atoms with Gasteiger partial charge < -0.3 is 19.1 Å². The molecular formula is C65H66BN2O2. The minimum absolute atomic E-state index is 0.00697. The van der Waals surface area contributed by atoms with Gasteiger partial charge in [-0.3, -0.25) is 0 Å². The number of fused-ring (bicyclic) bond motifs is 12. The van der Waals surface area contributed by atoms with E-state index in [0.717, 1.165) is 91.4 Å². The maximum atomic E-state index is 7.11. The lowest BCUT2D eigenvalue weighted by Crippen LogP contribution is -2.41. The van der Waals surface area contributed by atoms with Crippen LogP contribution in [0.3, 0.4) is 0 Å². The summed E-state index contributed by atoms with van der Waals surface area (Å²) in [5, 5.41) is 8.72. The Hall–Kier alpha value is -6.20. The first-order valence-corrected chi connectivity index (χ1v) is 26.1. The van der Waals surface area contributed by atoms with E-state index >= 15 is 0 Å². The first kappa shape index (κ1) is 43.8. The highest BCUT2D eigenvalue weighted by Gasteiger charge is 2.41. The minimum atomic E-state index is -0.0196. The predicted octanol–water partition coefficient (Wildman–Crippen LogP) is 17.0. The van der Waals surface area contributed by atoms with Gasteiger partial charge in [-0.05, 0) is 171 Å². The fourth-order valence-corrected chi connectivity index (χ4v) is 13.6. The molecule has 0 atom stereocenters. The minimum Gasteiger partial charge on any atom is -0.456 e. The lowest BCUT2D eigenvalue weighted by molar-refractivity contribution is 0.332. The average molecular weight is 918 g/mol. The first-order valence-electron chi connectivity index (χ1n) is 26.1. The molecular weight excluding hydrogens is 852 g/mol. The third-order valence-corrected chi connectivity index (χ3v) is 18.0. The SMILES string of the molecule is Cc1cc2c(cc1N1c3cc4oc5ccccc5c4c(-c4cc5c(cc4Nc4ccc6c(c4)C(C)(C)CCC6(C)C)C(C)(C)CCC5(C)C)c3[B]c3ccc4c(oc5ccccc54)c31)C(C)(C)CCC2. The largest absolute Gasteiger partial charge is 0.456 e. The van der Waals surface area contributed by atoms with Gasteiger partial charge in [0, 0.05) is 55.9 Å². The molecule has 1 N–H and O–H groups in total. The predicted molar refractivity (Wildman–Crippen MR) is 297 cm³/mol. The van der Waals surface area contributed by atoms with Crippen LogP contribution in [0.2, 0.25) is 0 Å². The Kier molecular flexibility index (Phi) is 9.19. The van der Waals surface area contributed by atoms with Gasteiger partial charge in [-0.25, -0.2) is 0 Å². The van der Waals surface area contributed by atoms with Crippen molar-refractivity contribution in [3.63, 3.8) is 0 Å². The van der Waals surface area contributed by atoms with Gasteiger partial charge in [-0.2, -0.15) is 0 Å². The molecule has 2 aromatic heterocycles. The van der Waals surface area contributed by atoms with Crippen molar-refractivity contribution in [1.29, 1.82) is 0 Å². The second-order valence-corrected chi connectivity index (χ2v) is 25.0. The van der Waals surface area contributed by atoms with E-state index in [2.05, 4.69) is 203 Å². The van der Waals surface area contributed by atoms with Crippen molar-refractivity contribution in [2.24, 2.45) is 0 Å². The zero-order chi connectivity index (χ0) is 48.4. The molecule has 7 aromatic carbocycles. The zero-order valence-electron chi connectivity index (χ0n) is 43.2. The summed E-state index contributed by atoms with van der Waals surface area (Å²) in [4.78, 5) is 2.55. The molecule has 0 bridgehead atoms. The van der Waals surface area contributed by atoms with Crippen LogP contribution in [0.1, 0.15) is 147 Å². The number of para-hydroxylation sites is 2. The maximum Gasteiger partial charge on any atom is 0.198 e. The van der Waals surface area contributed by atoms with Gasteiger partial charge in [0.15, 0.2) is 12.9 Å². The van der Waals surface area contributed by atoms with E-state index in [-0.39, 0.29) is 27.1 Å². The van der Waals surface area contributed by atoms with Gasteiger partial charge in [-0.1, -0.05) is 135 Å². The summed E-state index contributed by atoms with van der Waals surface area (Å²) < 4.78 is 14.1. The Labute approximate surface area is 415 Å². The molecule has 351 valence electrons. The number of aryl methyl sites for hydroxylation is 2. The van der Waals surface area contributed by atoms with Crippen LogP contribution in [0.25, 0.3) is 55.0 Å². The van der Waals surface area contributed by atoms with Crippen LogP contribution in [0.4, 0.5) is 28.4 Å². The van der Waals surface area contributed by atoms with Crippen molar-refractivity contribution in [3.8, 4) is 11.1 Å². The number of anilines is 5. The summed E-state index contributed by atoms with van der Waals surface area (Å²) in [5.41, 5.74) is 24.1. The van der Waals surface area contributed by atoms with E-state index in [1.54, 1.807) is 0 Å². The van der Waals surface area contributed by atoms with Crippen LogP contribution >= 0.6 is 0 Å². The molecule has 9 aromatic rings. The normalized spacial score (nSPS) is 19.0. The summed E-state index contributed by atoms with van der Waals surface area (Å²) in [6.45, 7) is 26.7. The zero-order valence-corrected chi connectivity index (χ0v) is 43.2. The van der Waals surface area contributed by atoms with Crippen molar-refractivity contribution in [3.05, 3.63) is 148 Å². The number of nitrogens with zero attached hydrogens (tertiary/aromatic N) is 1. The summed E-state index contributed by atoms with van der Waals surface area (Å²) in [5.74, 6) is 0. The van der Waals surface area contributed by atoms with Crippen molar-refractivity contribution in [1.82, 2.24) is 0 Å². The summed E-state index contributed by atoms with van der Waals surface area (Å²) in [6.07, 6.45) is 8.11. The van der Waals surface area contributed by atoms with Gasteiger partial charge in [0.1, 0.15) is 16.7 Å². The van der Waals surface area contributed by atoms with Crippen molar-refractivity contribution < 1.29 is 8.83 Å². The molecule has 70 heavy (non-hydrogen) atoms. The highest BCUT2D eigenvalue weighted by atomic mass is 16.3. The number of furan rings is 2. The van der Waals surface area contributed by atoms with Gasteiger partial charge in [0.2, 0.25) is 0 Å². The van der Waals surface area contributed by atoms with Crippen molar-refractivity contribution >= 4 is 90.5 Å². The molecule has 0 unspecified atom stereocenters. The molecule has 4 aliphatic rings. The topological polar surface area (TPSA) is 41.6 Å². The standard InChI is InChI=1S/C65H66BN2O2/c1-37-31-38-17-16-26-61(2,3)45(38)35-51(37)68-52-36-55-56(42-19-13-15-21-54(42)69-55)57(58(52)66-49-25-23-41-40-18-12-14-20-53(40)70-60(41)59(49)68)43-33-47-48(65(10,11)30-29-64(47,8)9)34-50(43)67-39-22-24-44-46(32-39)63(6,7)28-27-62(44,4)5/h12-15,18-25,31-36,67H,16-17,26-30H2,1-11H3. The number of rotatable bonds is 4. The summed E-state index contributed by atoms with van der Waals surface area (Å²) >= 11 is 0. The molecule has 0 fully saturated rings. The smallest absolute Gasteiger partial charge is 0.198 e. The van der Waals surface area contributed by atoms with Crippen molar-refractivity contribution in [2.45, 2.75) is 148 Å². The maximum absolute atomic E-state index is 7.11. The molecule has 0 saturated carbocycles. The van der Waals surface area contributed by atoms with E-state index in [1.807, 2.05) is 0 Å². The lowest BCUT2D eigenvalue weighted by atomic mass is 9.57. The fourth-order valence-electron chi connectivity index (χ4n) is 13.6. The monoisotopic (exact) mass is 918 g/mol. The second kappa shape index (κ2) is 14.7. The summed E-state index contributed by atoms with van der Waals surface area (Å²) in [6, 6.07) is 41.5. The third kappa shape index (κ3) is 6.41. The average Bonchev–Trinajstić information content (AvgIpc) is 3.89. The van der Waals surface area contributed by atoms with E-state index in [4.69, 9.17) is 8.83 Å². The Morgan fingerprint density at radius 1 is 0.529 bits per heavy atom. The highest BCUT2D eigenvalue weighted by molar-refractivity contribution is 6.74. The number of benzene rings is 7. The van der Waals surface area contributed by atoms with Gasteiger partial charge in [0.25, 0.3) is 0 Å². The molecule has 0 saturated heterocycles. The van der Waals surface area contributed by atoms with Crippen LogP contribution in [-0.2, 0) is 33.5 Å². The molecule has 13 rings (SSSR count). The lowest BCUT2D eigenvalue weighted by Gasteiger charge is -2.43. The Bertz CT molecular complexity index is 3700. The van der Waals surface area contributed by atoms with Crippen molar-refractivity contribution in [2.75, 3.05) is 10.2 Å². The van der Waals surface area contributed by atoms with E-state index in [9.17, 15) is 0 Å². The fraction of sp³-hybridized carbons (Fsp3) is 0.354. The summed E-state index contributed by atoms with van der Waals surface area (Å²) in [7, 11) is 2.46. The van der Waals surface area contributed by atoms with Gasteiger partial charge >= 0.3 is 0 Å². The molecule has 3 heterocycles. The molecule has 0 spiro atoms. The van der Waals surface area contributed by atoms with E-state index in [0.29, 0.717) is 0 Å². The first-order chi connectivity index (χ1) is 33.3.